The lowest BCUT2D eigenvalue weighted by Gasteiger charge is -2.08. The molecule has 2 heterocycles. The van der Waals surface area contributed by atoms with E-state index in [4.69, 9.17) is 0 Å². The second kappa shape index (κ2) is 8.05. The molecular weight excluding hydrogens is 439 g/mol. The van der Waals surface area contributed by atoms with E-state index in [-0.39, 0.29) is 10.7 Å². The zero-order chi connectivity index (χ0) is 22.2. The first-order valence-corrected chi connectivity index (χ1v) is 11.9. The normalized spacial score (nSPS) is 11.5. The number of nitrogens with one attached hydrogen (secondary N) is 1. The highest BCUT2D eigenvalue weighted by Crippen LogP contribution is 2.26. The maximum Gasteiger partial charge on any atom is 0.295 e. The Hall–Kier alpha value is -3.37. The SMILES string of the molecule is Cc1ccc(S(C)(=O)=O)cc1NC(=O)c1nc(-c2cccs2)n(-c2cccc(F)c2)n1. The fourth-order valence-corrected chi connectivity index (χ4v) is 4.25. The summed E-state index contributed by atoms with van der Waals surface area (Å²) in [7, 11) is -3.44. The predicted molar refractivity (Wildman–Crippen MR) is 117 cm³/mol. The van der Waals surface area contributed by atoms with E-state index >= 15 is 0 Å². The standard InChI is InChI=1S/C21H17FN4O3S2/c1-13-8-9-16(31(2,28)29)12-17(13)23-21(27)19-24-20(18-7-4-10-30-18)26(25-19)15-6-3-5-14(22)11-15/h3-12H,1-2H3,(H,23,27). The number of anilines is 1. The van der Waals surface area contributed by atoms with Crippen molar-refractivity contribution in [3.63, 3.8) is 0 Å². The highest BCUT2D eigenvalue weighted by Gasteiger charge is 2.21. The maximum absolute atomic E-state index is 13.8. The van der Waals surface area contributed by atoms with Gasteiger partial charge in [-0.05, 0) is 54.3 Å². The molecule has 4 aromatic rings. The van der Waals surface area contributed by atoms with Gasteiger partial charge in [0.1, 0.15) is 5.82 Å². The third kappa shape index (κ3) is 4.39. The number of rotatable bonds is 5. The van der Waals surface area contributed by atoms with Crippen molar-refractivity contribution in [2.75, 3.05) is 11.6 Å². The molecule has 0 aliphatic heterocycles. The summed E-state index contributed by atoms with van der Waals surface area (Å²) in [6.07, 6.45) is 1.10. The van der Waals surface area contributed by atoms with Crippen LogP contribution < -0.4 is 5.32 Å². The number of thiophene rings is 1. The van der Waals surface area contributed by atoms with Crippen molar-refractivity contribution < 1.29 is 17.6 Å². The molecule has 0 saturated heterocycles. The van der Waals surface area contributed by atoms with E-state index in [0.717, 1.165) is 11.1 Å². The zero-order valence-electron chi connectivity index (χ0n) is 16.5. The van der Waals surface area contributed by atoms with Gasteiger partial charge in [-0.2, -0.15) is 0 Å². The number of benzene rings is 2. The second-order valence-electron chi connectivity index (χ2n) is 6.83. The van der Waals surface area contributed by atoms with Gasteiger partial charge in [-0.15, -0.1) is 16.4 Å². The van der Waals surface area contributed by atoms with E-state index in [1.54, 1.807) is 25.1 Å². The van der Waals surface area contributed by atoms with E-state index in [0.29, 0.717) is 22.8 Å². The van der Waals surface area contributed by atoms with E-state index in [2.05, 4.69) is 15.4 Å². The summed E-state index contributed by atoms with van der Waals surface area (Å²) < 4.78 is 38.9. The largest absolute Gasteiger partial charge is 0.319 e. The predicted octanol–water partition coefficient (Wildman–Crippen LogP) is 4.10. The first kappa shape index (κ1) is 20.9. The molecule has 10 heteroatoms. The Morgan fingerprint density at radius 2 is 1.94 bits per heavy atom. The monoisotopic (exact) mass is 456 g/mol. The Bertz CT molecular complexity index is 1380. The minimum Gasteiger partial charge on any atom is -0.319 e. The number of aromatic nitrogens is 3. The van der Waals surface area contributed by atoms with Crippen LogP contribution in [-0.2, 0) is 9.84 Å². The summed E-state index contributed by atoms with van der Waals surface area (Å²) in [6.45, 7) is 1.75. The summed E-state index contributed by atoms with van der Waals surface area (Å²) in [6, 6.07) is 14.0. The lowest BCUT2D eigenvalue weighted by molar-refractivity contribution is 0.101. The number of hydrogen-bond acceptors (Lipinski definition) is 6. The number of halogens is 1. The van der Waals surface area contributed by atoms with Crippen LogP contribution in [0.2, 0.25) is 0 Å². The molecule has 31 heavy (non-hydrogen) atoms. The summed E-state index contributed by atoms with van der Waals surface area (Å²) >= 11 is 1.41. The van der Waals surface area contributed by atoms with Crippen LogP contribution in [0.25, 0.3) is 16.4 Å². The van der Waals surface area contributed by atoms with Crippen molar-refractivity contribution in [3.8, 4) is 16.4 Å². The Morgan fingerprint density at radius 1 is 1.13 bits per heavy atom. The van der Waals surface area contributed by atoms with E-state index in [1.807, 2.05) is 17.5 Å². The molecule has 158 valence electrons. The lowest BCUT2D eigenvalue weighted by Crippen LogP contribution is -2.15. The molecule has 0 aliphatic rings. The van der Waals surface area contributed by atoms with Crippen molar-refractivity contribution in [2.45, 2.75) is 11.8 Å². The van der Waals surface area contributed by atoms with Crippen LogP contribution in [0.4, 0.5) is 10.1 Å². The first-order chi connectivity index (χ1) is 14.7. The smallest absolute Gasteiger partial charge is 0.295 e. The van der Waals surface area contributed by atoms with Crippen LogP contribution in [0.5, 0.6) is 0 Å². The molecule has 0 aliphatic carbocycles. The van der Waals surface area contributed by atoms with Crippen LogP contribution in [0.3, 0.4) is 0 Å². The highest BCUT2D eigenvalue weighted by atomic mass is 32.2. The highest BCUT2D eigenvalue weighted by molar-refractivity contribution is 7.90. The van der Waals surface area contributed by atoms with Crippen molar-refractivity contribution in [2.24, 2.45) is 0 Å². The molecule has 2 aromatic heterocycles. The molecule has 0 bridgehead atoms. The molecule has 0 atom stereocenters. The van der Waals surface area contributed by atoms with Crippen molar-refractivity contribution in [3.05, 3.63) is 77.2 Å². The van der Waals surface area contributed by atoms with Gasteiger partial charge >= 0.3 is 0 Å². The zero-order valence-corrected chi connectivity index (χ0v) is 18.2. The minimum atomic E-state index is -3.44. The number of sulfone groups is 1. The van der Waals surface area contributed by atoms with Crippen molar-refractivity contribution >= 4 is 32.8 Å². The van der Waals surface area contributed by atoms with Crippen molar-refractivity contribution in [1.82, 2.24) is 14.8 Å². The molecule has 0 spiro atoms. The van der Waals surface area contributed by atoms with Crippen LogP contribution >= 0.6 is 11.3 Å². The lowest BCUT2D eigenvalue weighted by atomic mass is 10.2. The summed E-state index contributed by atoms with van der Waals surface area (Å²) in [4.78, 5) is 18.1. The molecule has 1 amide bonds. The quantitative estimate of drug-likeness (QED) is 0.488. The molecule has 0 unspecified atom stereocenters. The molecule has 0 saturated carbocycles. The Morgan fingerprint density at radius 3 is 2.61 bits per heavy atom. The molecule has 2 aromatic carbocycles. The van der Waals surface area contributed by atoms with Gasteiger partial charge in [0.25, 0.3) is 5.91 Å². The fourth-order valence-electron chi connectivity index (χ4n) is 2.91. The van der Waals surface area contributed by atoms with Crippen molar-refractivity contribution in [1.29, 1.82) is 0 Å². The number of carbonyl (C=O) groups is 1. The number of amides is 1. The number of hydrogen-bond donors (Lipinski definition) is 1. The molecule has 1 N–H and O–H groups in total. The second-order valence-corrected chi connectivity index (χ2v) is 9.79. The van der Waals surface area contributed by atoms with E-state index in [1.165, 1.54) is 40.3 Å². The van der Waals surface area contributed by atoms with Gasteiger partial charge in [-0.25, -0.2) is 22.5 Å². The Labute approximate surface area is 182 Å². The van der Waals surface area contributed by atoms with E-state index in [9.17, 15) is 17.6 Å². The summed E-state index contributed by atoms with van der Waals surface area (Å²) in [5.74, 6) is -0.782. The van der Waals surface area contributed by atoms with Gasteiger partial charge in [-0.3, -0.25) is 4.79 Å². The molecule has 0 radical (unpaired) electrons. The third-order valence-electron chi connectivity index (χ3n) is 4.49. The van der Waals surface area contributed by atoms with Gasteiger partial charge in [0, 0.05) is 11.9 Å². The van der Waals surface area contributed by atoms with Crippen LogP contribution in [-0.4, -0.2) is 35.3 Å². The van der Waals surface area contributed by atoms with Gasteiger partial charge in [0.05, 0.1) is 15.5 Å². The van der Waals surface area contributed by atoms with Gasteiger partial charge < -0.3 is 5.32 Å². The van der Waals surface area contributed by atoms with Crippen LogP contribution in [0.1, 0.15) is 16.2 Å². The van der Waals surface area contributed by atoms with E-state index < -0.39 is 21.6 Å². The summed E-state index contributed by atoms with van der Waals surface area (Å²) in [5, 5.41) is 8.83. The Kier molecular flexibility index (Phi) is 5.42. The Balaban J connectivity index is 1.74. The maximum atomic E-state index is 13.8. The topological polar surface area (TPSA) is 94.0 Å². The molecule has 4 rings (SSSR count). The van der Waals surface area contributed by atoms with Crippen LogP contribution in [0.15, 0.2) is 64.9 Å². The fraction of sp³-hybridized carbons (Fsp3) is 0.0952. The molecular formula is C21H17FN4O3S2. The van der Waals surface area contributed by atoms with Crippen LogP contribution in [0, 0.1) is 12.7 Å². The first-order valence-electron chi connectivity index (χ1n) is 9.11. The molecule has 7 nitrogen and oxygen atoms in total. The average Bonchev–Trinajstić information content (AvgIpc) is 3.38. The van der Waals surface area contributed by atoms with Gasteiger partial charge in [-0.1, -0.05) is 18.2 Å². The number of aryl methyl sites for hydroxylation is 1. The number of carbonyl (C=O) groups excluding carboxylic acids is 1. The number of nitrogens with zero attached hydrogens (tertiary/aromatic N) is 3. The van der Waals surface area contributed by atoms with Gasteiger partial charge in [0.2, 0.25) is 5.82 Å². The average molecular weight is 457 g/mol. The minimum absolute atomic E-state index is 0.0888. The third-order valence-corrected chi connectivity index (χ3v) is 6.47. The van der Waals surface area contributed by atoms with Gasteiger partial charge in [0.15, 0.2) is 15.7 Å². The molecule has 0 fully saturated rings. The summed E-state index contributed by atoms with van der Waals surface area (Å²) in [5.41, 5.74) is 1.45.